The number of sulfonamides is 1. The topological polar surface area (TPSA) is 87.2 Å². The normalized spacial score (nSPS) is 14.9. The third kappa shape index (κ3) is 4.98. The van der Waals surface area contributed by atoms with Crippen LogP contribution in [-0.4, -0.2) is 76.4 Å². The van der Waals surface area contributed by atoms with E-state index < -0.39 is 16.0 Å². The van der Waals surface area contributed by atoms with Gasteiger partial charge in [0.2, 0.25) is 10.0 Å². The lowest BCUT2D eigenvalue weighted by Gasteiger charge is -2.33. The molecule has 0 saturated carbocycles. The van der Waals surface area contributed by atoms with Crippen molar-refractivity contribution >= 4 is 27.6 Å². The molecule has 0 unspecified atom stereocenters. The van der Waals surface area contributed by atoms with E-state index in [0.717, 1.165) is 5.69 Å². The van der Waals surface area contributed by atoms with Crippen molar-refractivity contribution in [3.05, 3.63) is 60.2 Å². The van der Waals surface area contributed by atoms with Crippen molar-refractivity contribution in [2.24, 2.45) is 0 Å². The second-order valence-electron chi connectivity index (χ2n) is 7.12. The van der Waals surface area contributed by atoms with Gasteiger partial charge >= 0.3 is 5.97 Å². The summed E-state index contributed by atoms with van der Waals surface area (Å²) in [7, 11) is 0.155. The molecule has 2 aromatic rings. The first-order chi connectivity index (χ1) is 14.3. The maximum Gasteiger partial charge on any atom is 0.338 e. The summed E-state index contributed by atoms with van der Waals surface area (Å²) in [4.78, 5) is 28.3. The fraction of sp³-hybridized carbons (Fsp3) is 0.333. The molecule has 1 aliphatic rings. The van der Waals surface area contributed by atoms with Crippen molar-refractivity contribution in [1.29, 1.82) is 0 Å². The highest BCUT2D eigenvalue weighted by Gasteiger charge is 2.30. The summed E-state index contributed by atoms with van der Waals surface area (Å²) < 4.78 is 31.8. The first-order valence-electron chi connectivity index (χ1n) is 9.56. The van der Waals surface area contributed by atoms with Gasteiger partial charge in [-0.25, -0.2) is 13.2 Å². The number of carbonyl (C=O) groups is 2. The molecule has 8 nitrogen and oxygen atoms in total. The monoisotopic (exact) mass is 431 g/mol. The highest BCUT2D eigenvalue weighted by Crippen LogP contribution is 2.18. The van der Waals surface area contributed by atoms with E-state index in [-0.39, 0.29) is 43.6 Å². The van der Waals surface area contributed by atoms with Gasteiger partial charge in [0.1, 0.15) is 0 Å². The number of esters is 1. The standard InChI is InChI=1S/C21H25N3O5S/c1-22(2)18-8-6-7-17(15-18)21(26)29-16-20(25)23-11-13-24(14-12-23)30(27,28)19-9-4-3-5-10-19/h3-10,15H,11-14,16H2,1-2H3. The smallest absolute Gasteiger partial charge is 0.338 e. The summed E-state index contributed by atoms with van der Waals surface area (Å²) in [5.41, 5.74) is 1.22. The Hall–Kier alpha value is -2.91. The van der Waals surface area contributed by atoms with Crippen LogP contribution < -0.4 is 4.90 Å². The number of benzene rings is 2. The van der Waals surface area contributed by atoms with Gasteiger partial charge in [-0.15, -0.1) is 0 Å². The zero-order valence-electron chi connectivity index (χ0n) is 17.0. The van der Waals surface area contributed by atoms with Crippen LogP contribution in [0.4, 0.5) is 5.69 Å². The third-order valence-corrected chi connectivity index (χ3v) is 6.81. The lowest BCUT2D eigenvalue weighted by Crippen LogP contribution is -2.51. The van der Waals surface area contributed by atoms with Crippen molar-refractivity contribution in [3.63, 3.8) is 0 Å². The van der Waals surface area contributed by atoms with Crippen LogP contribution in [0.5, 0.6) is 0 Å². The average molecular weight is 432 g/mol. The summed E-state index contributed by atoms with van der Waals surface area (Å²) >= 11 is 0. The van der Waals surface area contributed by atoms with Gasteiger partial charge in [-0.2, -0.15) is 4.31 Å². The second kappa shape index (κ2) is 9.27. The molecular formula is C21H25N3O5S. The number of piperazine rings is 1. The van der Waals surface area contributed by atoms with Crippen molar-refractivity contribution in [2.75, 3.05) is 51.8 Å². The van der Waals surface area contributed by atoms with Crippen molar-refractivity contribution in [2.45, 2.75) is 4.90 Å². The minimum absolute atomic E-state index is 0.196. The van der Waals surface area contributed by atoms with Crippen LogP contribution in [0.25, 0.3) is 0 Å². The lowest BCUT2D eigenvalue weighted by molar-refractivity contribution is -0.135. The molecule has 30 heavy (non-hydrogen) atoms. The van der Waals surface area contributed by atoms with Crippen LogP contribution in [-0.2, 0) is 19.6 Å². The molecule has 160 valence electrons. The molecular weight excluding hydrogens is 406 g/mol. The first-order valence-corrected chi connectivity index (χ1v) is 11.0. The van der Waals surface area contributed by atoms with Crippen molar-refractivity contribution in [3.8, 4) is 0 Å². The molecule has 1 fully saturated rings. The molecule has 9 heteroatoms. The Morgan fingerprint density at radius 3 is 2.27 bits per heavy atom. The van der Waals surface area contributed by atoms with Crippen molar-refractivity contribution < 1.29 is 22.7 Å². The Morgan fingerprint density at radius 2 is 1.63 bits per heavy atom. The molecule has 0 atom stereocenters. The number of amides is 1. The Balaban J connectivity index is 1.52. The number of nitrogens with zero attached hydrogens (tertiary/aromatic N) is 3. The van der Waals surface area contributed by atoms with Crippen LogP contribution in [0.15, 0.2) is 59.5 Å². The van der Waals surface area contributed by atoms with E-state index in [9.17, 15) is 18.0 Å². The van der Waals surface area contributed by atoms with E-state index in [1.807, 2.05) is 25.1 Å². The average Bonchev–Trinajstić information content (AvgIpc) is 2.78. The summed E-state index contributed by atoms with van der Waals surface area (Å²) in [6.07, 6.45) is 0. The molecule has 3 rings (SSSR count). The highest BCUT2D eigenvalue weighted by molar-refractivity contribution is 7.89. The molecule has 0 spiro atoms. The molecule has 0 radical (unpaired) electrons. The summed E-state index contributed by atoms with van der Waals surface area (Å²) in [6, 6.07) is 15.2. The lowest BCUT2D eigenvalue weighted by atomic mass is 10.2. The van der Waals surface area contributed by atoms with Gasteiger partial charge in [0.05, 0.1) is 10.5 Å². The van der Waals surface area contributed by atoms with Gasteiger partial charge in [-0.3, -0.25) is 4.79 Å². The minimum atomic E-state index is -3.58. The summed E-state index contributed by atoms with van der Waals surface area (Å²) in [6.45, 7) is 0.511. The van der Waals surface area contributed by atoms with E-state index >= 15 is 0 Å². The van der Waals surface area contributed by atoms with Gasteiger partial charge < -0.3 is 14.5 Å². The van der Waals surface area contributed by atoms with E-state index in [1.165, 1.54) is 9.21 Å². The number of rotatable bonds is 6. The zero-order valence-corrected chi connectivity index (χ0v) is 17.8. The number of hydrogen-bond donors (Lipinski definition) is 0. The van der Waals surface area contributed by atoms with Crippen molar-refractivity contribution in [1.82, 2.24) is 9.21 Å². The fourth-order valence-corrected chi connectivity index (χ4v) is 4.58. The number of ether oxygens (including phenoxy) is 1. The van der Waals surface area contributed by atoms with Gasteiger partial charge in [0, 0.05) is 46.0 Å². The maximum absolute atomic E-state index is 12.7. The highest BCUT2D eigenvalue weighted by atomic mass is 32.2. The molecule has 2 aromatic carbocycles. The number of hydrogen-bond acceptors (Lipinski definition) is 6. The Kier molecular flexibility index (Phi) is 6.73. The van der Waals surface area contributed by atoms with Crippen LogP contribution in [0.2, 0.25) is 0 Å². The second-order valence-corrected chi connectivity index (χ2v) is 9.06. The van der Waals surface area contributed by atoms with E-state index in [1.54, 1.807) is 48.5 Å². The third-order valence-electron chi connectivity index (χ3n) is 4.90. The predicted octanol–water partition coefficient (Wildman–Crippen LogP) is 1.44. The summed E-state index contributed by atoms with van der Waals surface area (Å²) in [5, 5.41) is 0. The Labute approximate surface area is 176 Å². The van der Waals surface area contributed by atoms with Crippen LogP contribution in [0, 0.1) is 0 Å². The first kappa shape index (κ1) is 21.8. The van der Waals surface area contributed by atoms with E-state index in [2.05, 4.69) is 0 Å². The van der Waals surface area contributed by atoms with Gasteiger partial charge in [-0.05, 0) is 30.3 Å². The number of carbonyl (C=O) groups excluding carboxylic acids is 2. The molecule has 0 aliphatic carbocycles. The Morgan fingerprint density at radius 1 is 0.967 bits per heavy atom. The van der Waals surface area contributed by atoms with Crippen LogP contribution in [0.3, 0.4) is 0 Å². The van der Waals surface area contributed by atoms with Gasteiger partial charge in [-0.1, -0.05) is 24.3 Å². The number of anilines is 1. The molecule has 0 aromatic heterocycles. The molecule has 1 aliphatic heterocycles. The minimum Gasteiger partial charge on any atom is -0.452 e. The van der Waals surface area contributed by atoms with Crippen LogP contribution in [0.1, 0.15) is 10.4 Å². The fourth-order valence-electron chi connectivity index (χ4n) is 3.13. The molecule has 1 saturated heterocycles. The Bertz CT molecular complexity index is 1000. The SMILES string of the molecule is CN(C)c1cccc(C(=O)OCC(=O)N2CCN(S(=O)(=O)c3ccccc3)CC2)c1. The zero-order chi connectivity index (χ0) is 21.7. The molecule has 1 amide bonds. The molecule has 1 heterocycles. The molecule has 0 N–H and O–H groups in total. The molecule has 0 bridgehead atoms. The van der Waals surface area contributed by atoms with E-state index in [0.29, 0.717) is 5.56 Å². The predicted molar refractivity (Wildman–Crippen MR) is 113 cm³/mol. The van der Waals surface area contributed by atoms with E-state index in [4.69, 9.17) is 4.74 Å². The largest absolute Gasteiger partial charge is 0.452 e. The summed E-state index contributed by atoms with van der Waals surface area (Å²) in [5.74, 6) is -0.916. The maximum atomic E-state index is 12.7. The van der Waals surface area contributed by atoms with Crippen LogP contribution >= 0.6 is 0 Å². The van der Waals surface area contributed by atoms with Gasteiger partial charge in [0.25, 0.3) is 5.91 Å². The quantitative estimate of drug-likeness (QED) is 0.644. The van der Waals surface area contributed by atoms with Gasteiger partial charge in [0.15, 0.2) is 6.61 Å².